The molecule has 2 amide bonds. The Hall–Kier alpha value is -3.15. The van der Waals surface area contributed by atoms with Gasteiger partial charge in [0, 0.05) is 26.4 Å². The maximum absolute atomic E-state index is 13.3. The molecule has 0 fully saturated rings. The molecular formula is C23H24N2O4. The minimum Gasteiger partial charge on any atom is -0.480 e. The van der Waals surface area contributed by atoms with Gasteiger partial charge in [-0.05, 0) is 28.7 Å². The first-order valence-electron chi connectivity index (χ1n) is 9.89. The molecule has 0 saturated heterocycles. The zero-order chi connectivity index (χ0) is 20.5. The zero-order valence-corrected chi connectivity index (χ0v) is 16.4. The van der Waals surface area contributed by atoms with Crippen LogP contribution in [0.25, 0.3) is 0 Å². The maximum Gasteiger partial charge on any atom is 0.326 e. The lowest BCUT2D eigenvalue weighted by atomic mass is 9.89. The van der Waals surface area contributed by atoms with Crippen molar-refractivity contribution in [2.24, 2.45) is 0 Å². The predicted molar refractivity (Wildman–Crippen MR) is 107 cm³/mol. The SMILES string of the molecule is CC(=O)N1CCc2ccccc2[C@H]1CC(=O)N1Cc2ccccc2C[C@H]1C(=O)O. The van der Waals surface area contributed by atoms with E-state index in [2.05, 4.69) is 0 Å². The molecule has 0 spiro atoms. The summed E-state index contributed by atoms with van der Waals surface area (Å²) >= 11 is 0. The first-order valence-corrected chi connectivity index (χ1v) is 9.89. The van der Waals surface area contributed by atoms with E-state index in [1.165, 1.54) is 11.8 Å². The lowest BCUT2D eigenvalue weighted by molar-refractivity contribution is -0.152. The third-order valence-electron chi connectivity index (χ3n) is 6.04. The Balaban J connectivity index is 1.63. The summed E-state index contributed by atoms with van der Waals surface area (Å²) in [5.74, 6) is -1.31. The van der Waals surface area contributed by atoms with Gasteiger partial charge < -0.3 is 14.9 Å². The summed E-state index contributed by atoms with van der Waals surface area (Å²) in [4.78, 5) is 40.6. The van der Waals surface area contributed by atoms with Crippen molar-refractivity contribution in [3.63, 3.8) is 0 Å². The highest BCUT2D eigenvalue weighted by Gasteiger charge is 2.37. The van der Waals surface area contributed by atoms with Crippen LogP contribution in [-0.4, -0.2) is 45.3 Å². The molecular weight excluding hydrogens is 368 g/mol. The van der Waals surface area contributed by atoms with Crippen LogP contribution in [0.5, 0.6) is 0 Å². The second-order valence-electron chi connectivity index (χ2n) is 7.73. The van der Waals surface area contributed by atoms with Crippen LogP contribution in [0.3, 0.4) is 0 Å². The molecule has 2 heterocycles. The summed E-state index contributed by atoms with van der Waals surface area (Å²) in [5.41, 5.74) is 4.07. The fourth-order valence-electron chi connectivity index (χ4n) is 4.54. The number of amides is 2. The number of benzene rings is 2. The molecule has 0 bridgehead atoms. The Bertz CT molecular complexity index is 971. The Morgan fingerprint density at radius 2 is 1.62 bits per heavy atom. The number of rotatable bonds is 3. The van der Waals surface area contributed by atoms with Crippen LogP contribution in [0.15, 0.2) is 48.5 Å². The Morgan fingerprint density at radius 1 is 0.966 bits per heavy atom. The van der Waals surface area contributed by atoms with Crippen LogP contribution >= 0.6 is 0 Å². The number of hydrogen-bond donors (Lipinski definition) is 1. The lowest BCUT2D eigenvalue weighted by Crippen LogP contribution is -2.50. The van der Waals surface area contributed by atoms with Crippen molar-refractivity contribution in [3.05, 3.63) is 70.8 Å². The van der Waals surface area contributed by atoms with Crippen molar-refractivity contribution < 1.29 is 19.5 Å². The van der Waals surface area contributed by atoms with Crippen molar-refractivity contribution in [1.82, 2.24) is 9.80 Å². The van der Waals surface area contributed by atoms with E-state index in [9.17, 15) is 19.5 Å². The second kappa shape index (κ2) is 7.70. The molecule has 1 N–H and O–H groups in total. The van der Waals surface area contributed by atoms with E-state index in [0.717, 1.165) is 28.7 Å². The van der Waals surface area contributed by atoms with Gasteiger partial charge in [0.25, 0.3) is 0 Å². The van der Waals surface area contributed by atoms with E-state index >= 15 is 0 Å². The van der Waals surface area contributed by atoms with Crippen molar-refractivity contribution in [3.8, 4) is 0 Å². The molecule has 0 unspecified atom stereocenters. The van der Waals surface area contributed by atoms with Crippen LogP contribution in [0.4, 0.5) is 0 Å². The average Bonchev–Trinajstić information content (AvgIpc) is 2.72. The van der Waals surface area contributed by atoms with Crippen molar-refractivity contribution >= 4 is 17.8 Å². The van der Waals surface area contributed by atoms with Crippen LogP contribution in [0.2, 0.25) is 0 Å². The third kappa shape index (κ3) is 3.62. The zero-order valence-electron chi connectivity index (χ0n) is 16.4. The molecule has 6 nitrogen and oxygen atoms in total. The first kappa shape index (κ1) is 19.2. The largest absolute Gasteiger partial charge is 0.480 e. The number of nitrogens with zero attached hydrogens (tertiary/aromatic N) is 2. The monoisotopic (exact) mass is 392 g/mol. The van der Waals surface area contributed by atoms with Gasteiger partial charge in [-0.3, -0.25) is 9.59 Å². The number of carbonyl (C=O) groups excluding carboxylic acids is 2. The summed E-state index contributed by atoms with van der Waals surface area (Å²) in [5, 5.41) is 9.73. The van der Waals surface area contributed by atoms with Gasteiger partial charge in [-0.1, -0.05) is 48.5 Å². The fraction of sp³-hybridized carbons (Fsp3) is 0.348. The molecule has 2 aliphatic rings. The van der Waals surface area contributed by atoms with Gasteiger partial charge in [-0.25, -0.2) is 4.79 Å². The van der Waals surface area contributed by atoms with Gasteiger partial charge >= 0.3 is 5.97 Å². The molecule has 4 rings (SSSR count). The molecule has 0 radical (unpaired) electrons. The summed E-state index contributed by atoms with van der Waals surface area (Å²) < 4.78 is 0. The maximum atomic E-state index is 13.3. The van der Waals surface area contributed by atoms with Crippen LogP contribution in [0, 0.1) is 0 Å². The van der Waals surface area contributed by atoms with Crippen molar-refractivity contribution in [2.45, 2.75) is 44.8 Å². The van der Waals surface area contributed by atoms with Gasteiger partial charge in [0.15, 0.2) is 0 Å². The van der Waals surface area contributed by atoms with Gasteiger partial charge in [0.05, 0.1) is 12.5 Å². The second-order valence-corrected chi connectivity index (χ2v) is 7.73. The van der Waals surface area contributed by atoms with Crippen molar-refractivity contribution in [2.75, 3.05) is 6.54 Å². The quantitative estimate of drug-likeness (QED) is 0.871. The third-order valence-corrected chi connectivity index (χ3v) is 6.04. The van der Waals surface area contributed by atoms with E-state index in [1.54, 1.807) is 4.90 Å². The number of aliphatic carboxylic acids is 1. The van der Waals surface area contributed by atoms with E-state index < -0.39 is 12.0 Å². The normalized spacial score (nSPS) is 20.6. The number of carboxylic acids is 1. The minimum absolute atomic E-state index is 0.0731. The van der Waals surface area contributed by atoms with E-state index in [4.69, 9.17) is 0 Å². The summed E-state index contributed by atoms with van der Waals surface area (Å²) in [6, 6.07) is 14.3. The summed E-state index contributed by atoms with van der Waals surface area (Å²) in [6.07, 6.45) is 1.15. The van der Waals surface area contributed by atoms with E-state index in [0.29, 0.717) is 13.0 Å². The van der Waals surface area contributed by atoms with Crippen LogP contribution < -0.4 is 0 Å². The Morgan fingerprint density at radius 3 is 2.31 bits per heavy atom. The van der Waals surface area contributed by atoms with Gasteiger partial charge in [0.2, 0.25) is 11.8 Å². The average molecular weight is 392 g/mol. The highest BCUT2D eigenvalue weighted by molar-refractivity contribution is 5.85. The highest BCUT2D eigenvalue weighted by atomic mass is 16.4. The van der Waals surface area contributed by atoms with Crippen LogP contribution in [-0.2, 0) is 33.8 Å². The topological polar surface area (TPSA) is 77.9 Å². The molecule has 2 atom stereocenters. The molecule has 150 valence electrons. The Labute approximate surface area is 169 Å². The van der Waals surface area contributed by atoms with Gasteiger partial charge in [-0.2, -0.15) is 0 Å². The molecule has 29 heavy (non-hydrogen) atoms. The number of carbonyl (C=O) groups is 3. The van der Waals surface area contributed by atoms with E-state index in [-0.39, 0.29) is 30.8 Å². The number of hydrogen-bond acceptors (Lipinski definition) is 3. The smallest absolute Gasteiger partial charge is 0.326 e. The van der Waals surface area contributed by atoms with Gasteiger partial charge in [-0.15, -0.1) is 0 Å². The summed E-state index contributed by atoms with van der Waals surface area (Å²) in [6.45, 7) is 2.36. The molecule has 6 heteroatoms. The van der Waals surface area contributed by atoms with Crippen LogP contribution in [0.1, 0.15) is 41.6 Å². The lowest BCUT2D eigenvalue weighted by Gasteiger charge is -2.39. The minimum atomic E-state index is -1.000. The van der Waals surface area contributed by atoms with E-state index in [1.807, 2.05) is 48.5 Å². The molecule has 2 aromatic carbocycles. The molecule has 0 aliphatic carbocycles. The predicted octanol–water partition coefficient (Wildman–Crippen LogP) is 2.56. The van der Waals surface area contributed by atoms with Gasteiger partial charge in [0.1, 0.15) is 6.04 Å². The first-order chi connectivity index (χ1) is 14.0. The number of carboxylic acid groups (broad SMARTS) is 1. The molecule has 0 aromatic heterocycles. The molecule has 2 aromatic rings. The summed E-state index contributed by atoms with van der Waals surface area (Å²) in [7, 11) is 0. The highest BCUT2D eigenvalue weighted by Crippen LogP contribution is 2.34. The Kier molecular flexibility index (Phi) is 5.09. The molecule has 0 saturated carbocycles. The standard InChI is InChI=1S/C23H24N2O4/c1-15(26)24-11-10-16-6-4-5-9-19(16)20(24)13-22(27)25-14-18-8-3-2-7-17(18)12-21(25)23(28)29/h2-9,20-21H,10-14H2,1H3,(H,28,29)/t20-,21+/m1/s1. The number of fused-ring (bicyclic) bond motifs is 2. The molecule has 2 aliphatic heterocycles. The fourth-order valence-corrected chi connectivity index (χ4v) is 4.54. The van der Waals surface area contributed by atoms with Crippen molar-refractivity contribution in [1.29, 1.82) is 0 Å².